The average Bonchev–Trinajstić information content (AvgIpc) is 2.44. The highest BCUT2D eigenvalue weighted by molar-refractivity contribution is 6.30. The van der Waals surface area contributed by atoms with Gasteiger partial charge in [0.2, 0.25) is 6.10 Å². The van der Waals surface area contributed by atoms with Crippen LogP contribution in [0.4, 0.5) is 13.2 Å². The molecule has 0 N–H and O–H groups in total. The fourth-order valence-corrected chi connectivity index (χ4v) is 2.48. The number of aryl methyl sites for hydroxylation is 1. The zero-order chi connectivity index (χ0) is 16.5. The third-order valence-corrected chi connectivity index (χ3v) is 3.40. The Morgan fingerprint density at radius 2 is 2.05 bits per heavy atom. The van der Waals surface area contributed by atoms with Gasteiger partial charge in [-0.1, -0.05) is 18.5 Å². The summed E-state index contributed by atoms with van der Waals surface area (Å²) in [6, 6.07) is 3.01. The van der Waals surface area contributed by atoms with Crippen LogP contribution >= 0.6 is 11.6 Å². The van der Waals surface area contributed by atoms with E-state index >= 15 is 0 Å². The largest absolute Gasteiger partial charge is 0.475 e. The number of fused-ring (bicyclic) bond motifs is 1. The molecule has 1 aromatic carbocycles. The monoisotopic (exact) mass is 334 g/mol. The molecule has 1 aromatic rings. The van der Waals surface area contributed by atoms with Gasteiger partial charge in [0.1, 0.15) is 5.75 Å². The van der Waals surface area contributed by atoms with Gasteiger partial charge in [-0.05, 0) is 37.1 Å². The zero-order valence-corrected chi connectivity index (χ0v) is 12.7. The van der Waals surface area contributed by atoms with Gasteiger partial charge in [-0.25, -0.2) is 4.79 Å². The minimum absolute atomic E-state index is 0.0244. The minimum atomic E-state index is -4.72. The molecule has 0 aromatic heterocycles. The van der Waals surface area contributed by atoms with Gasteiger partial charge in [0, 0.05) is 10.6 Å². The first-order valence-electron chi connectivity index (χ1n) is 6.72. The summed E-state index contributed by atoms with van der Waals surface area (Å²) in [6.07, 6.45) is -5.47. The second-order valence-corrected chi connectivity index (χ2v) is 5.13. The minimum Gasteiger partial charge on any atom is -0.475 e. The maximum absolute atomic E-state index is 13.2. The van der Waals surface area contributed by atoms with Crippen molar-refractivity contribution >= 4 is 23.6 Å². The Labute approximate surface area is 130 Å². The molecule has 1 aliphatic heterocycles. The smallest absolute Gasteiger partial charge is 0.430 e. The normalized spacial score (nSPS) is 17.4. The summed E-state index contributed by atoms with van der Waals surface area (Å²) in [5.74, 6) is -0.948. The van der Waals surface area contributed by atoms with Gasteiger partial charge in [0.25, 0.3) is 0 Å². The van der Waals surface area contributed by atoms with Gasteiger partial charge < -0.3 is 9.47 Å². The lowest BCUT2D eigenvalue weighted by Gasteiger charge is -2.29. The Hall–Kier alpha value is -1.69. The number of alkyl halides is 3. The molecule has 7 heteroatoms. The van der Waals surface area contributed by atoms with Crippen LogP contribution in [0.5, 0.6) is 5.75 Å². The fraction of sp³-hybridized carbons (Fsp3) is 0.400. The lowest BCUT2D eigenvalue weighted by molar-refractivity contribution is -0.188. The number of halogens is 4. The topological polar surface area (TPSA) is 35.5 Å². The molecule has 0 fully saturated rings. The molecular formula is C15H14ClF3O3. The third kappa shape index (κ3) is 3.21. The molecule has 0 unspecified atom stereocenters. The van der Waals surface area contributed by atoms with E-state index in [0.717, 1.165) is 6.08 Å². The molecule has 0 spiro atoms. The summed E-state index contributed by atoms with van der Waals surface area (Å²) in [4.78, 5) is 11.8. The van der Waals surface area contributed by atoms with E-state index < -0.39 is 23.8 Å². The highest BCUT2D eigenvalue weighted by Gasteiger charge is 2.49. The van der Waals surface area contributed by atoms with Crippen LogP contribution in [-0.2, 0) is 16.0 Å². The second kappa shape index (κ2) is 6.20. The van der Waals surface area contributed by atoms with Crippen molar-refractivity contribution in [3.8, 4) is 5.75 Å². The zero-order valence-electron chi connectivity index (χ0n) is 12.0. The molecule has 0 saturated carbocycles. The Morgan fingerprint density at radius 3 is 2.59 bits per heavy atom. The standard InChI is InChI=1S/C15H14ClF3O3/c1-3-8-5-10(16)6-9-7-11(14(20)21-4-2)13(15(17,18)19)22-12(8)9/h5-7,13H,3-4H2,1-2H3/t13-/m0/s1. The molecule has 0 bridgehead atoms. The number of hydrogen-bond acceptors (Lipinski definition) is 3. The first kappa shape index (κ1) is 16.7. The molecule has 1 atom stereocenters. The first-order chi connectivity index (χ1) is 10.3. The second-order valence-electron chi connectivity index (χ2n) is 4.70. The van der Waals surface area contributed by atoms with Crippen LogP contribution in [0.15, 0.2) is 17.7 Å². The van der Waals surface area contributed by atoms with Gasteiger partial charge >= 0.3 is 12.1 Å². The van der Waals surface area contributed by atoms with E-state index in [1.165, 1.54) is 13.0 Å². The molecule has 2 rings (SSSR count). The first-order valence-corrected chi connectivity index (χ1v) is 7.10. The van der Waals surface area contributed by atoms with Crippen molar-refractivity contribution in [2.45, 2.75) is 32.5 Å². The molecule has 0 amide bonds. The maximum Gasteiger partial charge on any atom is 0.430 e. The summed E-state index contributed by atoms with van der Waals surface area (Å²) in [5, 5.41) is 0.365. The number of hydrogen-bond donors (Lipinski definition) is 0. The van der Waals surface area contributed by atoms with Crippen molar-refractivity contribution in [3.05, 3.63) is 33.9 Å². The van der Waals surface area contributed by atoms with Gasteiger partial charge in [-0.2, -0.15) is 13.2 Å². The summed E-state index contributed by atoms with van der Waals surface area (Å²) in [6.45, 7) is 3.27. The number of ether oxygens (including phenoxy) is 2. The summed E-state index contributed by atoms with van der Waals surface area (Å²) in [7, 11) is 0. The van der Waals surface area contributed by atoms with Gasteiger partial charge in [-0.3, -0.25) is 0 Å². The van der Waals surface area contributed by atoms with Crippen molar-refractivity contribution in [2.24, 2.45) is 0 Å². The molecule has 120 valence electrons. The summed E-state index contributed by atoms with van der Waals surface area (Å²) >= 11 is 5.95. The number of carbonyl (C=O) groups excluding carboxylic acids is 1. The predicted molar refractivity (Wildman–Crippen MR) is 75.9 cm³/mol. The molecular weight excluding hydrogens is 321 g/mol. The van der Waals surface area contributed by atoms with Crippen molar-refractivity contribution in [2.75, 3.05) is 6.61 Å². The number of esters is 1. The quantitative estimate of drug-likeness (QED) is 0.778. The molecule has 0 radical (unpaired) electrons. The van der Waals surface area contributed by atoms with Crippen LogP contribution in [0.2, 0.25) is 5.02 Å². The van der Waals surface area contributed by atoms with Crippen LogP contribution < -0.4 is 4.74 Å². The number of rotatable bonds is 3. The van der Waals surface area contributed by atoms with E-state index in [1.807, 2.05) is 0 Å². The van der Waals surface area contributed by atoms with E-state index in [0.29, 0.717) is 22.6 Å². The van der Waals surface area contributed by atoms with E-state index in [4.69, 9.17) is 16.3 Å². The Morgan fingerprint density at radius 1 is 1.36 bits per heavy atom. The molecule has 22 heavy (non-hydrogen) atoms. The maximum atomic E-state index is 13.2. The van der Waals surface area contributed by atoms with E-state index in [9.17, 15) is 18.0 Å². The molecule has 0 aliphatic carbocycles. The van der Waals surface area contributed by atoms with Crippen LogP contribution in [0.25, 0.3) is 6.08 Å². The van der Waals surface area contributed by atoms with E-state index in [1.54, 1.807) is 13.0 Å². The van der Waals surface area contributed by atoms with Crippen molar-refractivity contribution < 1.29 is 27.4 Å². The molecule has 3 nitrogen and oxygen atoms in total. The van der Waals surface area contributed by atoms with Crippen LogP contribution in [0.3, 0.4) is 0 Å². The summed E-state index contributed by atoms with van der Waals surface area (Å²) in [5.41, 5.74) is 0.315. The van der Waals surface area contributed by atoms with Gasteiger partial charge in [-0.15, -0.1) is 0 Å². The highest BCUT2D eigenvalue weighted by Crippen LogP contribution is 2.40. The van der Waals surface area contributed by atoms with Crippen LogP contribution in [-0.4, -0.2) is 24.9 Å². The highest BCUT2D eigenvalue weighted by atomic mass is 35.5. The Kier molecular flexibility index (Phi) is 4.70. The SMILES string of the molecule is CCOC(=O)C1=Cc2cc(Cl)cc(CC)c2O[C@@H]1C(F)(F)F. The van der Waals surface area contributed by atoms with Crippen molar-refractivity contribution in [1.82, 2.24) is 0 Å². The van der Waals surface area contributed by atoms with E-state index in [-0.39, 0.29) is 12.4 Å². The average molecular weight is 335 g/mol. The van der Waals surface area contributed by atoms with E-state index in [2.05, 4.69) is 4.74 Å². The number of carbonyl (C=O) groups is 1. The van der Waals surface area contributed by atoms with Gasteiger partial charge in [0.05, 0.1) is 12.2 Å². The number of benzene rings is 1. The molecule has 1 aliphatic rings. The van der Waals surface area contributed by atoms with Crippen molar-refractivity contribution in [1.29, 1.82) is 0 Å². The fourth-order valence-electron chi connectivity index (χ4n) is 2.23. The van der Waals surface area contributed by atoms with Crippen LogP contribution in [0.1, 0.15) is 25.0 Å². The molecule has 1 heterocycles. The van der Waals surface area contributed by atoms with Crippen molar-refractivity contribution in [3.63, 3.8) is 0 Å². The van der Waals surface area contributed by atoms with Gasteiger partial charge in [0.15, 0.2) is 0 Å². The predicted octanol–water partition coefficient (Wildman–Crippen LogP) is 4.17. The Balaban J connectivity index is 2.58. The van der Waals surface area contributed by atoms with Crippen LogP contribution in [0, 0.1) is 0 Å². The summed E-state index contributed by atoms with van der Waals surface area (Å²) < 4.78 is 49.4. The lowest BCUT2D eigenvalue weighted by atomic mass is 9.98. The Bertz CT molecular complexity index is 623. The lowest BCUT2D eigenvalue weighted by Crippen LogP contribution is -2.41. The third-order valence-electron chi connectivity index (χ3n) is 3.18. The molecule has 0 saturated heterocycles.